The van der Waals surface area contributed by atoms with Gasteiger partial charge in [-0.15, -0.1) is 12.4 Å². The van der Waals surface area contributed by atoms with Crippen LogP contribution in [0, 0.1) is 11.8 Å². The Morgan fingerprint density at radius 3 is 2.63 bits per heavy atom. The van der Waals surface area contributed by atoms with Crippen molar-refractivity contribution in [1.82, 2.24) is 4.90 Å². The van der Waals surface area contributed by atoms with Crippen LogP contribution < -0.4 is 5.73 Å². The molecule has 2 N–H and O–H groups in total. The summed E-state index contributed by atoms with van der Waals surface area (Å²) in [6.07, 6.45) is 6.37. The summed E-state index contributed by atoms with van der Waals surface area (Å²) >= 11 is 1.75. The molecule has 0 bridgehead atoms. The third-order valence-electron chi connectivity index (χ3n) is 3.98. The van der Waals surface area contributed by atoms with E-state index in [-0.39, 0.29) is 24.4 Å². The molecule has 0 spiro atoms. The maximum absolute atomic E-state index is 12.2. The Hall–Kier alpha value is 0.0700. The fourth-order valence-corrected chi connectivity index (χ4v) is 3.10. The van der Waals surface area contributed by atoms with Gasteiger partial charge in [-0.3, -0.25) is 4.79 Å². The zero-order valence-corrected chi connectivity index (χ0v) is 14.1. The first-order valence-corrected chi connectivity index (χ1v) is 8.49. The van der Waals surface area contributed by atoms with E-state index in [4.69, 9.17) is 5.73 Å². The summed E-state index contributed by atoms with van der Waals surface area (Å²) < 4.78 is 0. The van der Waals surface area contributed by atoms with Crippen LogP contribution in [-0.4, -0.2) is 41.9 Å². The molecule has 0 radical (unpaired) electrons. The molecule has 1 fully saturated rings. The minimum Gasteiger partial charge on any atom is -0.341 e. The molecule has 1 amide bonds. The molecule has 0 saturated carbocycles. The Labute approximate surface area is 128 Å². The van der Waals surface area contributed by atoms with E-state index in [2.05, 4.69) is 20.1 Å². The molecular formula is C14H29ClN2OS. The zero-order valence-electron chi connectivity index (χ0n) is 12.4. The Kier molecular flexibility index (Phi) is 9.93. The number of nitrogens with two attached hydrogens (primary N) is 1. The quantitative estimate of drug-likeness (QED) is 0.849. The molecule has 114 valence electrons. The van der Waals surface area contributed by atoms with Crippen molar-refractivity contribution in [2.24, 2.45) is 17.6 Å². The second-order valence-electron chi connectivity index (χ2n) is 5.65. The average molecular weight is 309 g/mol. The lowest BCUT2D eigenvalue weighted by Crippen LogP contribution is -2.44. The summed E-state index contributed by atoms with van der Waals surface area (Å²) in [5.41, 5.74) is 5.98. The number of likely N-dealkylation sites (tertiary alicyclic amines) is 1. The van der Waals surface area contributed by atoms with Crippen LogP contribution in [0.25, 0.3) is 0 Å². The van der Waals surface area contributed by atoms with Gasteiger partial charge in [-0.05, 0) is 49.5 Å². The van der Waals surface area contributed by atoms with Gasteiger partial charge in [0.1, 0.15) is 0 Å². The Balaban J connectivity index is 0.00000324. The van der Waals surface area contributed by atoms with Crippen LogP contribution in [0.4, 0.5) is 0 Å². The van der Waals surface area contributed by atoms with Gasteiger partial charge < -0.3 is 10.6 Å². The molecule has 1 aliphatic heterocycles. The van der Waals surface area contributed by atoms with E-state index < -0.39 is 0 Å². The van der Waals surface area contributed by atoms with Gasteiger partial charge in [0.05, 0.1) is 6.04 Å². The number of halogens is 1. The van der Waals surface area contributed by atoms with Gasteiger partial charge in [0.15, 0.2) is 0 Å². The number of hydrogen-bond donors (Lipinski definition) is 1. The second-order valence-corrected chi connectivity index (χ2v) is 6.63. The highest BCUT2D eigenvalue weighted by atomic mass is 35.5. The largest absolute Gasteiger partial charge is 0.341 e. The van der Waals surface area contributed by atoms with Gasteiger partial charge in [-0.25, -0.2) is 0 Å². The van der Waals surface area contributed by atoms with Crippen molar-refractivity contribution in [1.29, 1.82) is 0 Å². The van der Waals surface area contributed by atoms with Gasteiger partial charge in [0.25, 0.3) is 0 Å². The van der Waals surface area contributed by atoms with E-state index in [0.717, 1.165) is 49.9 Å². The first-order chi connectivity index (χ1) is 8.56. The number of carbonyl (C=O) groups excluding carboxylic acids is 1. The van der Waals surface area contributed by atoms with Crippen LogP contribution in [0.15, 0.2) is 0 Å². The second kappa shape index (κ2) is 9.89. The summed E-state index contributed by atoms with van der Waals surface area (Å²) in [4.78, 5) is 14.2. The molecule has 1 rings (SSSR count). The van der Waals surface area contributed by atoms with Gasteiger partial charge in [-0.1, -0.05) is 13.8 Å². The predicted molar refractivity (Wildman–Crippen MR) is 87.0 cm³/mol. The monoisotopic (exact) mass is 308 g/mol. The van der Waals surface area contributed by atoms with Crippen LogP contribution in [0.3, 0.4) is 0 Å². The maximum Gasteiger partial charge on any atom is 0.239 e. The first-order valence-electron chi connectivity index (χ1n) is 7.09. The number of nitrogens with zero attached hydrogens (tertiary/aromatic N) is 1. The summed E-state index contributed by atoms with van der Waals surface area (Å²) in [6.45, 7) is 6.36. The summed E-state index contributed by atoms with van der Waals surface area (Å²) in [5, 5.41) is 0. The maximum atomic E-state index is 12.2. The smallest absolute Gasteiger partial charge is 0.239 e. The fraction of sp³-hybridized carbons (Fsp3) is 0.929. The Morgan fingerprint density at radius 2 is 2.05 bits per heavy atom. The third-order valence-corrected chi connectivity index (χ3v) is 4.62. The van der Waals surface area contributed by atoms with Crippen molar-refractivity contribution in [2.45, 2.75) is 45.6 Å². The number of thioether (sulfide) groups is 1. The van der Waals surface area contributed by atoms with Crippen LogP contribution in [0.2, 0.25) is 0 Å². The number of rotatable bonds is 5. The van der Waals surface area contributed by atoms with Crippen molar-refractivity contribution >= 4 is 30.1 Å². The molecule has 0 aliphatic carbocycles. The summed E-state index contributed by atoms with van der Waals surface area (Å²) in [7, 11) is 0. The minimum atomic E-state index is -0.298. The lowest BCUT2D eigenvalue weighted by atomic mass is 9.89. The number of amides is 1. The van der Waals surface area contributed by atoms with Gasteiger partial charge >= 0.3 is 0 Å². The molecule has 0 aromatic carbocycles. The summed E-state index contributed by atoms with van der Waals surface area (Å²) in [6, 6.07) is -0.298. The zero-order chi connectivity index (χ0) is 13.5. The van der Waals surface area contributed by atoms with Crippen LogP contribution in [-0.2, 0) is 4.79 Å². The SMILES string of the molecule is CSCC[C@H](N)C(=O)N1CCCC(C(C)C)CC1.Cl. The molecule has 0 aromatic heterocycles. The average Bonchev–Trinajstić information content (AvgIpc) is 2.60. The Morgan fingerprint density at radius 1 is 1.37 bits per heavy atom. The molecule has 1 unspecified atom stereocenters. The molecule has 0 aromatic rings. The number of carbonyl (C=O) groups is 1. The molecule has 1 aliphatic rings. The van der Waals surface area contributed by atoms with Crippen molar-refractivity contribution in [3.8, 4) is 0 Å². The first kappa shape index (κ1) is 19.1. The van der Waals surface area contributed by atoms with E-state index in [1.807, 2.05) is 4.90 Å². The molecule has 3 nitrogen and oxygen atoms in total. The number of hydrogen-bond acceptors (Lipinski definition) is 3. The van der Waals surface area contributed by atoms with E-state index in [1.165, 1.54) is 6.42 Å². The standard InChI is InChI=1S/C14H28N2OS.ClH/c1-11(2)12-5-4-8-16(9-6-12)14(17)13(15)7-10-18-3;/h11-13H,4-10,15H2,1-3H3;1H/t12?,13-;/m0./s1. The van der Waals surface area contributed by atoms with Gasteiger partial charge in [0, 0.05) is 13.1 Å². The van der Waals surface area contributed by atoms with Crippen LogP contribution >= 0.6 is 24.2 Å². The molecule has 1 heterocycles. The third kappa shape index (κ3) is 6.37. The highest BCUT2D eigenvalue weighted by Gasteiger charge is 2.25. The van der Waals surface area contributed by atoms with E-state index >= 15 is 0 Å². The van der Waals surface area contributed by atoms with Crippen molar-refractivity contribution in [3.05, 3.63) is 0 Å². The lowest BCUT2D eigenvalue weighted by molar-refractivity contribution is -0.132. The molecule has 5 heteroatoms. The lowest BCUT2D eigenvalue weighted by Gasteiger charge is -2.24. The highest BCUT2D eigenvalue weighted by Crippen LogP contribution is 2.24. The minimum absolute atomic E-state index is 0. The van der Waals surface area contributed by atoms with Gasteiger partial charge in [0.2, 0.25) is 5.91 Å². The van der Waals surface area contributed by atoms with Crippen LogP contribution in [0.1, 0.15) is 39.5 Å². The highest BCUT2D eigenvalue weighted by molar-refractivity contribution is 7.98. The topological polar surface area (TPSA) is 46.3 Å². The Bertz CT molecular complexity index is 264. The molecule has 1 saturated heterocycles. The fourth-order valence-electron chi connectivity index (χ4n) is 2.61. The van der Waals surface area contributed by atoms with Gasteiger partial charge in [-0.2, -0.15) is 11.8 Å². The predicted octanol–water partition coefficient (Wildman–Crippen LogP) is 2.77. The van der Waals surface area contributed by atoms with E-state index in [9.17, 15) is 4.79 Å². The summed E-state index contributed by atoms with van der Waals surface area (Å²) in [5.74, 6) is 2.62. The van der Waals surface area contributed by atoms with E-state index in [1.54, 1.807) is 11.8 Å². The molecular weight excluding hydrogens is 280 g/mol. The molecule has 19 heavy (non-hydrogen) atoms. The van der Waals surface area contributed by atoms with Crippen molar-refractivity contribution < 1.29 is 4.79 Å². The van der Waals surface area contributed by atoms with Crippen molar-refractivity contribution in [3.63, 3.8) is 0 Å². The van der Waals surface area contributed by atoms with E-state index in [0.29, 0.717) is 0 Å². The normalized spacial score (nSPS) is 21.7. The van der Waals surface area contributed by atoms with Crippen molar-refractivity contribution in [2.75, 3.05) is 25.1 Å². The van der Waals surface area contributed by atoms with Crippen LogP contribution in [0.5, 0.6) is 0 Å². The molecule has 2 atom stereocenters.